The highest BCUT2D eigenvalue weighted by Crippen LogP contribution is 2.27. The summed E-state index contributed by atoms with van der Waals surface area (Å²) in [6.07, 6.45) is -6.42. The van der Waals surface area contributed by atoms with Gasteiger partial charge in [-0.3, -0.25) is 14.4 Å². The smallest absolute Gasteiger partial charge is 0.249 e. The van der Waals surface area contributed by atoms with Crippen LogP contribution in [0.15, 0.2) is 24.3 Å². The summed E-state index contributed by atoms with van der Waals surface area (Å²) < 4.78 is 63.4. The van der Waals surface area contributed by atoms with Gasteiger partial charge in [0.15, 0.2) is 5.78 Å². The molecule has 5 atom stereocenters. The van der Waals surface area contributed by atoms with E-state index >= 15 is 0 Å². The molecule has 0 radical (unpaired) electrons. The first-order chi connectivity index (χ1) is 15.6. The van der Waals surface area contributed by atoms with E-state index in [1.165, 1.54) is 33.0 Å². The number of hydrogen-bond donors (Lipinski definition) is 2. The van der Waals surface area contributed by atoms with Gasteiger partial charge in [0.05, 0.1) is 2.74 Å². The van der Waals surface area contributed by atoms with Gasteiger partial charge in [-0.25, -0.2) is 0 Å². The quantitative estimate of drug-likeness (QED) is 0.786. The average Bonchev–Trinajstić information content (AvgIpc) is 2.77. The van der Waals surface area contributed by atoms with Crippen LogP contribution in [0.1, 0.15) is 62.2 Å². The van der Waals surface area contributed by atoms with Crippen LogP contribution < -0.4 is 5.32 Å². The van der Waals surface area contributed by atoms with Crippen molar-refractivity contribution in [2.75, 3.05) is 7.05 Å². The second-order valence-corrected chi connectivity index (χ2v) is 6.64. The van der Waals surface area contributed by atoms with Gasteiger partial charge in [-0.15, -0.1) is 0 Å². The molecule has 6 heteroatoms. The number of nitrogens with one attached hydrogen (secondary N) is 1. The minimum Gasteiger partial charge on any atom is -0.385 e. The molecule has 6 nitrogen and oxygen atoms in total. The molecule has 0 aliphatic carbocycles. The Morgan fingerprint density at radius 1 is 1.48 bits per heavy atom. The summed E-state index contributed by atoms with van der Waals surface area (Å²) in [6.45, 7) is 0.0850. The highest BCUT2D eigenvalue weighted by atomic mass is 16.3. The van der Waals surface area contributed by atoms with Crippen molar-refractivity contribution < 1.29 is 30.5 Å². The van der Waals surface area contributed by atoms with Crippen LogP contribution in [0.25, 0.3) is 0 Å². The monoisotopic (exact) mass is 382 g/mol. The van der Waals surface area contributed by atoms with E-state index in [4.69, 9.17) is 11.0 Å². The number of rotatable bonds is 6. The number of Topliss-reactive ketones (excluding diaryl/α,β-unsaturated/α-hetero) is 1. The molecule has 27 heavy (non-hydrogen) atoms. The van der Waals surface area contributed by atoms with Crippen molar-refractivity contribution in [2.24, 2.45) is 11.8 Å². The molecule has 2 rings (SSSR count). The average molecular weight is 383 g/mol. The topological polar surface area (TPSA) is 86.7 Å². The Morgan fingerprint density at radius 2 is 2.15 bits per heavy atom. The summed E-state index contributed by atoms with van der Waals surface area (Å²) in [5, 5.41) is 12.7. The van der Waals surface area contributed by atoms with Crippen LogP contribution in [0.4, 0.5) is 0 Å². The number of ketones is 1. The second kappa shape index (κ2) is 8.65. The van der Waals surface area contributed by atoms with Crippen LogP contribution in [-0.4, -0.2) is 46.7 Å². The molecule has 0 aromatic heterocycles. The number of carbonyl (C=O) groups is 3. The van der Waals surface area contributed by atoms with Gasteiger partial charge in [0, 0.05) is 33.6 Å². The summed E-state index contributed by atoms with van der Waals surface area (Å²) >= 11 is 0. The molecular formula is C21H30N2O4. The molecule has 1 aliphatic heterocycles. The minimum absolute atomic E-state index is 0.0346. The molecule has 1 heterocycles. The molecule has 2 N–H and O–H groups in total. The van der Waals surface area contributed by atoms with Crippen molar-refractivity contribution in [1.82, 2.24) is 10.2 Å². The van der Waals surface area contributed by atoms with E-state index < -0.39 is 67.2 Å². The first-order valence-electron chi connectivity index (χ1n) is 12.6. The number of fused-ring (bicyclic) bond motifs is 1. The Kier molecular flexibility index (Phi) is 3.94. The molecule has 2 unspecified atom stereocenters. The molecule has 0 fully saturated rings. The fraction of sp³-hybridized carbons (Fsp3) is 0.571. The van der Waals surface area contributed by atoms with Gasteiger partial charge < -0.3 is 15.3 Å². The third kappa shape index (κ3) is 4.75. The molecule has 2 amide bonds. The summed E-state index contributed by atoms with van der Waals surface area (Å²) in [5.74, 6) is -7.07. The van der Waals surface area contributed by atoms with Gasteiger partial charge >= 0.3 is 0 Å². The molecule has 1 aromatic carbocycles. The Morgan fingerprint density at radius 3 is 2.81 bits per heavy atom. The van der Waals surface area contributed by atoms with E-state index in [2.05, 4.69) is 5.32 Å². The molecule has 1 aromatic rings. The molecule has 148 valence electrons. The van der Waals surface area contributed by atoms with Gasteiger partial charge in [-0.05, 0) is 30.3 Å². The van der Waals surface area contributed by atoms with Crippen molar-refractivity contribution in [3.05, 3.63) is 35.4 Å². The van der Waals surface area contributed by atoms with E-state index in [1.54, 1.807) is 12.1 Å². The third-order valence-electron chi connectivity index (χ3n) is 4.51. The van der Waals surface area contributed by atoms with Crippen LogP contribution in [0.2, 0.25) is 0 Å². The summed E-state index contributed by atoms with van der Waals surface area (Å²) in [6, 6.07) is 2.56. The molecule has 1 aliphatic rings. The van der Waals surface area contributed by atoms with Crippen LogP contribution in [0, 0.1) is 11.8 Å². The second-order valence-electron chi connectivity index (χ2n) is 6.64. The number of likely N-dealkylation sites (N-methyl/N-ethyl adjacent to an activating group) is 1. The SMILES string of the molecule is [2H]C([2H])([2H])C([2H])(C)[C@]([2H])(O)C(=O)C[C@@H](C)C(=O)N[C@@H]1C(=O)N(C)C([2H])(C)C([2H])([2H])c2ccccc21. The maximum absolute atomic E-state index is 13.2. The van der Waals surface area contributed by atoms with Gasteiger partial charge in [0.2, 0.25) is 11.8 Å². The van der Waals surface area contributed by atoms with Crippen molar-refractivity contribution in [1.29, 1.82) is 0 Å². The van der Waals surface area contributed by atoms with Crippen LogP contribution in [0.5, 0.6) is 0 Å². The first kappa shape index (κ1) is 12.3. The van der Waals surface area contributed by atoms with Crippen molar-refractivity contribution in [3.63, 3.8) is 0 Å². The largest absolute Gasteiger partial charge is 0.385 e. The van der Waals surface area contributed by atoms with E-state index in [9.17, 15) is 19.5 Å². The lowest BCUT2D eigenvalue weighted by Crippen LogP contribution is -2.44. The Balaban J connectivity index is 2.35. The Bertz CT molecular complexity index is 1020. The minimum atomic E-state index is -3.33. The summed E-state index contributed by atoms with van der Waals surface area (Å²) in [5.41, 5.74) is 0.169. The van der Waals surface area contributed by atoms with Crippen LogP contribution in [-0.2, 0) is 20.8 Å². The summed E-state index contributed by atoms with van der Waals surface area (Å²) in [4.78, 5) is 39.6. The molecule has 0 saturated carbocycles. The number of carbonyl (C=O) groups excluding carboxylic acids is 3. The normalized spacial score (nSPS) is 34.8. The number of amides is 2. The van der Waals surface area contributed by atoms with Crippen molar-refractivity contribution in [3.8, 4) is 0 Å². The molecule has 0 spiro atoms. The zero-order valence-electron chi connectivity index (χ0n) is 23.8. The highest BCUT2D eigenvalue weighted by molar-refractivity contribution is 5.93. The zero-order valence-corrected chi connectivity index (χ0v) is 15.8. The number of benzene rings is 1. The molecule has 0 bridgehead atoms. The zero-order chi connectivity index (χ0) is 27.4. The molecule has 0 saturated heterocycles. The van der Waals surface area contributed by atoms with Gasteiger partial charge in [-0.2, -0.15) is 0 Å². The predicted octanol–water partition coefficient (Wildman–Crippen LogP) is 1.86. The van der Waals surface area contributed by atoms with Gasteiger partial charge in [0.1, 0.15) is 12.1 Å². The van der Waals surface area contributed by atoms with E-state index in [1.807, 2.05) is 0 Å². The van der Waals surface area contributed by atoms with Crippen LogP contribution >= 0.6 is 0 Å². The van der Waals surface area contributed by atoms with E-state index in [-0.39, 0.29) is 11.1 Å². The van der Waals surface area contributed by atoms with Crippen molar-refractivity contribution in [2.45, 2.75) is 58.6 Å². The lowest BCUT2D eigenvalue weighted by Gasteiger charge is -2.26. The Hall–Kier alpha value is -2.21. The summed E-state index contributed by atoms with van der Waals surface area (Å²) in [7, 11) is 1.25. The van der Waals surface area contributed by atoms with E-state index in [0.717, 1.165) is 11.8 Å². The Labute approximate surface area is 172 Å². The number of aliphatic hydroxyl groups is 1. The lowest BCUT2D eigenvalue weighted by molar-refractivity contribution is -0.138. The molecular weight excluding hydrogens is 344 g/mol. The van der Waals surface area contributed by atoms with E-state index in [0.29, 0.717) is 0 Å². The van der Waals surface area contributed by atoms with Crippen molar-refractivity contribution >= 4 is 17.6 Å². The van der Waals surface area contributed by atoms with Crippen LogP contribution in [0.3, 0.4) is 0 Å². The standard InChI is InChI=1S/C21H30N2O4/c1-12(2)19(25)17(24)10-13(3)20(26)22-18-16-9-7-6-8-15(16)11-14(4)23(5)21(18)27/h6-9,12-14,18-19,25H,10-11H2,1-5H3,(H,22,26)/t13-,14?,18+,19+/m1/s1/i1D3,11D2,12D,14D,19D/t12?,13-,14?,18+,19+. The fourth-order valence-electron chi connectivity index (χ4n) is 2.73. The maximum Gasteiger partial charge on any atom is 0.249 e. The van der Waals surface area contributed by atoms with Gasteiger partial charge in [-0.1, -0.05) is 45.0 Å². The lowest BCUT2D eigenvalue weighted by atomic mass is 9.94. The number of nitrogens with zero attached hydrogens (tertiary/aromatic N) is 1. The maximum atomic E-state index is 13.2. The van der Waals surface area contributed by atoms with Gasteiger partial charge in [0.25, 0.3) is 0 Å². The highest BCUT2D eigenvalue weighted by Gasteiger charge is 2.34. The predicted molar refractivity (Wildman–Crippen MR) is 103 cm³/mol. The third-order valence-corrected chi connectivity index (χ3v) is 4.51. The number of hydrogen-bond acceptors (Lipinski definition) is 4. The first-order valence-corrected chi connectivity index (χ1v) is 8.55. The fourth-order valence-corrected chi connectivity index (χ4v) is 2.73.